The first-order valence-corrected chi connectivity index (χ1v) is 7.75. The van der Waals surface area contributed by atoms with E-state index < -0.39 is 24.5 Å². The number of unbranched alkanes of at least 4 members (excludes halogenated alkanes) is 2. The molecule has 2 heterocycles. The number of hydrogen-bond donors (Lipinski definition) is 3. The van der Waals surface area contributed by atoms with Gasteiger partial charge in [0.05, 0.1) is 6.61 Å². The summed E-state index contributed by atoms with van der Waals surface area (Å²) in [5, 5.41) is 24.2. The summed E-state index contributed by atoms with van der Waals surface area (Å²) in [6, 6.07) is 0. The van der Waals surface area contributed by atoms with Gasteiger partial charge in [-0.1, -0.05) is 32.0 Å². The Balaban J connectivity index is 1.90. The SMILES string of the molecule is CCCCCOC[C@H]1O[C@@H](n2cnc(C(N)=S)n2)[C@H](O)[C@@H]1O. The second kappa shape index (κ2) is 7.93. The molecule has 4 N–H and O–H groups in total. The van der Waals surface area contributed by atoms with E-state index >= 15 is 0 Å². The quantitative estimate of drug-likeness (QED) is 0.441. The lowest BCUT2D eigenvalue weighted by Crippen LogP contribution is -2.34. The Morgan fingerprint density at radius 3 is 2.86 bits per heavy atom. The van der Waals surface area contributed by atoms with E-state index in [9.17, 15) is 10.2 Å². The Labute approximate surface area is 134 Å². The van der Waals surface area contributed by atoms with Gasteiger partial charge in [-0.25, -0.2) is 9.67 Å². The maximum Gasteiger partial charge on any atom is 0.208 e. The number of hydrogen-bond acceptors (Lipinski definition) is 7. The van der Waals surface area contributed by atoms with E-state index in [2.05, 4.69) is 17.0 Å². The third kappa shape index (κ3) is 3.99. The monoisotopic (exact) mass is 330 g/mol. The predicted molar refractivity (Wildman–Crippen MR) is 82.2 cm³/mol. The summed E-state index contributed by atoms with van der Waals surface area (Å²) >= 11 is 4.78. The number of aliphatic hydroxyl groups is 2. The Morgan fingerprint density at radius 1 is 1.45 bits per heavy atom. The van der Waals surface area contributed by atoms with Crippen molar-refractivity contribution in [3.05, 3.63) is 12.2 Å². The van der Waals surface area contributed by atoms with Crippen molar-refractivity contribution in [3.63, 3.8) is 0 Å². The predicted octanol–water partition coefficient (Wildman–Crippen LogP) is -0.262. The van der Waals surface area contributed by atoms with E-state index in [4.69, 9.17) is 27.4 Å². The van der Waals surface area contributed by atoms with Gasteiger partial charge < -0.3 is 25.4 Å². The Hall–Kier alpha value is -1.13. The standard InChI is InChI=1S/C13H22N4O4S/c1-2-3-4-5-20-6-8-9(18)10(19)13(21-8)17-7-15-12(16-17)11(14)22/h7-10,13,18-19H,2-6H2,1H3,(H2,14,22)/t8-,9-,10-,13-/m1/s1. The van der Waals surface area contributed by atoms with Gasteiger partial charge >= 0.3 is 0 Å². The molecule has 4 atom stereocenters. The van der Waals surface area contributed by atoms with Crippen molar-refractivity contribution in [2.45, 2.75) is 50.7 Å². The van der Waals surface area contributed by atoms with Gasteiger partial charge in [0.25, 0.3) is 0 Å². The molecule has 0 spiro atoms. The molecule has 9 heteroatoms. The Morgan fingerprint density at radius 2 is 2.23 bits per heavy atom. The average molecular weight is 330 g/mol. The molecule has 0 radical (unpaired) electrons. The van der Waals surface area contributed by atoms with E-state index in [1.165, 1.54) is 11.0 Å². The van der Waals surface area contributed by atoms with Gasteiger partial charge in [-0.15, -0.1) is 5.10 Å². The third-order valence-corrected chi connectivity index (χ3v) is 3.68. The molecule has 1 aliphatic rings. The Kier molecular flexibility index (Phi) is 6.21. The molecule has 1 aromatic rings. The van der Waals surface area contributed by atoms with Crippen LogP contribution in [0.2, 0.25) is 0 Å². The van der Waals surface area contributed by atoms with Gasteiger partial charge in [0, 0.05) is 6.61 Å². The van der Waals surface area contributed by atoms with Crippen LogP contribution in [0.3, 0.4) is 0 Å². The van der Waals surface area contributed by atoms with Gasteiger partial charge in [-0.05, 0) is 6.42 Å². The second-order valence-electron chi connectivity index (χ2n) is 5.24. The molecule has 0 unspecified atom stereocenters. The van der Waals surface area contributed by atoms with E-state index in [1.807, 2.05) is 0 Å². The van der Waals surface area contributed by atoms with Crippen LogP contribution in [0.4, 0.5) is 0 Å². The molecule has 1 fully saturated rings. The lowest BCUT2D eigenvalue weighted by molar-refractivity contribution is -0.0715. The zero-order valence-corrected chi connectivity index (χ0v) is 13.3. The van der Waals surface area contributed by atoms with Crippen LogP contribution in [0, 0.1) is 0 Å². The van der Waals surface area contributed by atoms with Crippen molar-refractivity contribution in [2.75, 3.05) is 13.2 Å². The van der Waals surface area contributed by atoms with Gasteiger partial charge in [0.2, 0.25) is 5.82 Å². The number of nitrogens with zero attached hydrogens (tertiary/aromatic N) is 3. The van der Waals surface area contributed by atoms with E-state index in [1.54, 1.807) is 0 Å². The highest BCUT2D eigenvalue weighted by Gasteiger charge is 2.44. The number of thiocarbonyl (C=S) groups is 1. The number of rotatable bonds is 8. The minimum absolute atomic E-state index is 0.0580. The number of nitrogens with two attached hydrogens (primary N) is 1. The molecule has 8 nitrogen and oxygen atoms in total. The molecule has 2 rings (SSSR count). The molecule has 1 aromatic heterocycles. The molecule has 22 heavy (non-hydrogen) atoms. The first-order chi connectivity index (χ1) is 10.5. The van der Waals surface area contributed by atoms with Crippen molar-refractivity contribution in [2.24, 2.45) is 5.73 Å². The molecule has 0 saturated carbocycles. The van der Waals surface area contributed by atoms with Gasteiger partial charge in [-0.2, -0.15) is 0 Å². The highest BCUT2D eigenvalue weighted by Crippen LogP contribution is 2.28. The van der Waals surface area contributed by atoms with Crippen LogP contribution in [-0.2, 0) is 9.47 Å². The number of aromatic nitrogens is 3. The van der Waals surface area contributed by atoms with Crippen molar-refractivity contribution >= 4 is 17.2 Å². The van der Waals surface area contributed by atoms with Gasteiger partial charge in [-0.3, -0.25) is 0 Å². The molecule has 1 saturated heterocycles. The van der Waals surface area contributed by atoms with Crippen molar-refractivity contribution < 1.29 is 19.7 Å². The third-order valence-electron chi connectivity index (χ3n) is 3.50. The van der Waals surface area contributed by atoms with Crippen LogP contribution in [-0.4, -0.2) is 61.5 Å². The fraction of sp³-hybridized carbons (Fsp3) is 0.769. The number of aliphatic hydroxyl groups excluding tert-OH is 2. The summed E-state index contributed by atoms with van der Waals surface area (Å²) in [6.07, 6.45) is 0.920. The van der Waals surface area contributed by atoms with Gasteiger partial charge in [0.1, 0.15) is 29.6 Å². The molecule has 0 aromatic carbocycles. The molecular formula is C13H22N4O4S. The van der Waals surface area contributed by atoms with E-state index in [0.717, 1.165) is 19.3 Å². The molecule has 1 aliphatic heterocycles. The topological polar surface area (TPSA) is 116 Å². The summed E-state index contributed by atoms with van der Waals surface area (Å²) in [7, 11) is 0. The van der Waals surface area contributed by atoms with E-state index in [0.29, 0.717) is 6.61 Å². The lowest BCUT2D eigenvalue weighted by Gasteiger charge is -2.14. The fourth-order valence-electron chi connectivity index (χ4n) is 2.25. The highest BCUT2D eigenvalue weighted by molar-refractivity contribution is 7.80. The van der Waals surface area contributed by atoms with Crippen molar-refractivity contribution in [1.29, 1.82) is 0 Å². The maximum absolute atomic E-state index is 10.1. The summed E-state index contributed by atoms with van der Waals surface area (Å²) in [4.78, 5) is 3.98. The first kappa shape index (κ1) is 17.2. The van der Waals surface area contributed by atoms with Crippen LogP contribution in [0.15, 0.2) is 6.33 Å². The maximum atomic E-state index is 10.1. The van der Waals surface area contributed by atoms with Crippen LogP contribution in [0.25, 0.3) is 0 Å². The average Bonchev–Trinajstić information content (AvgIpc) is 3.07. The summed E-state index contributed by atoms with van der Waals surface area (Å²) in [5.41, 5.74) is 5.44. The van der Waals surface area contributed by atoms with Crippen LogP contribution < -0.4 is 5.73 Å². The minimum Gasteiger partial charge on any atom is -0.387 e. The summed E-state index contributed by atoms with van der Waals surface area (Å²) in [5.74, 6) is 0.194. The normalized spacial score (nSPS) is 28.1. The van der Waals surface area contributed by atoms with Crippen LogP contribution in [0.1, 0.15) is 38.2 Å². The van der Waals surface area contributed by atoms with Crippen LogP contribution >= 0.6 is 12.2 Å². The van der Waals surface area contributed by atoms with E-state index in [-0.39, 0.29) is 17.4 Å². The number of ether oxygens (including phenoxy) is 2. The Bertz CT molecular complexity index is 498. The first-order valence-electron chi connectivity index (χ1n) is 7.35. The van der Waals surface area contributed by atoms with Gasteiger partial charge in [0.15, 0.2) is 6.23 Å². The molecule has 124 valence electrons. The van der Waals surface area contributed by atoms with Crippen molar-refractivity contribution in [3.8, 4) is 0 Å². The zero-order chi connectivity index (χ0) is 16.1. The van der Waals surface area contributed by atoms with Crippen LogP contribution in [0.5, 0.6) is 0 Å². The molecular weight excluding hydrogens is 308 g/mol. The zero-order valence-electron chi connectivity index (χ0n) is 12.5. The lowest BCUT2D eigenvalue weighted by atomic mass is 10.1. The summed E-state index contributed by atoms with van der Waals surface area (Å²) in [6.45, 7) is 2.94. The minimum atomic E-state index is -1.12. The smallest absolute Gasteiger partial charge is 0.208 e. The molecule has 0 aliphatic carbocycles. The van der Waals surface area contributed by atoms with Crippen molar-refractivity contribution in [1.82, 2.24) is 14.8 Å². The molecule has 0 bridgehead atoms. The fourth-order valence-corrected chi connectivity index (χ4v) is 2.34. The second-order valence-corrected chi connectivity index (χ2v) is 5.68. The molecule has 0 amide bonds. The highest BCUT2D eigenvalue weighted by atomic mass is 32.1. The summed E-state index contributed by atoms with van der Waals surface area (Å²) < 4.78 is 12.4. The largest absolute Gasteiger partial charge is 0.387 e.